The topological polar surface area (TPSA) is 64.7 Å². The number of imidazole rings is 1. The van der Waals surface area contributed by atoms with Crippen LogP contribution >= 0.6 is 0 Å². The van der Waals surface area contributed by atoms with Crippen molar-refractivity contribution in [1.82, 2.24) is 34.7 Å². The van der Waals surface area contributed by atoms with Gasteiger partial charge in [-0.05, 0) is 61.9 Å². The van der Waals surface area contributed by atoms with Gasteiger partial charge in [0, 0.05) is 19.3 Å². The Bertz CT molecular complexity index is 702. The van der Waals surface area contributed by atoms with Crippen LogP contribution in [0.1, 0.15) is 68.1 Å². The molecule has 0 unspecified atom stereocenters. The van der Waals surface area contributed by atoms with Crippen LogP contribution in [0.25, 0.3) is 0 Å². The van der Waals surface area contributed by atoms with Gasteiger partial charge >= 0.3 is 0 Å². The Morgan fingerprint density at radius 3 is 2.88 bits per heavy atom. The predicted octanol–water partition coefficient (Wildman–Crippen LogP) is 2.03. The van der Waals surface area contributed by atoms with E-state index in [1.807, 2.05) is 4.68 Å². The second kappa shape index (κ2) is 6.63. The van der Waals surface area contributed by atoms with Crippen molar-refractivity contribution in [2.75, 3.05) is 6.54 Å². The van der Waals surface area contributed by atoms with Gasteiger partial charge in [-0.1, -0.05) is 6.92 Å². The van der Waals surface area contributed by atoms with Gasteiger partial charge in [0.1, 0.15) is 5.82 Å². The summed E-state index contributed by atoms with van der Waals surface area (Å²) in [6, 6.07) is 0.396. The Morgan fingerprint density at radius 2 is 2.04 bits per heavy atom. The Morgan fingerprint density at radius 1 is 1.17 bits per heavy atom. The molecular weight excluding hydrogens is 302 g/mol. The van der Waals surface area contributed by atoms with E-state index in [1.54, 1.807) is 0 Å². The zero-order valence-corrected chi connectivity index (χ0v) is 14.8. The first-order valence-corrected chi connectivity index (χ1v) is 9.31. The van der Waals surface area contributed by atoms with E-state index in [-0.39, 0.29) is 0 Å². The molecule has 0 aromatic carbocycles. The molecule has 0 saturated carbocycles. The first-order chi connectivity index (χ1) is 11.8. The van der Waals surface area contributed by atoms with Gasteiger partial charge in [0.15, 0.2) is 5.82 Å². The lowest BCUT2D eigenvalue weighted by molar-refractivity contribution is 0.225. The fourth-order valence-corrected chi connectivity index (χ4v) is 4.22. The molecule has 7 heteroatoms. The third kappa shape index (κ3) is 2.75. The summed E-state index contributed by atoms with van der Waals surface area (Å²) in [5, 5.41) is 12.2. The van der Waals surface area contributed by atoms with Crippen molar-refractivity contribution in [2.45, 2.75) is 71.0 Å². The van der Waals surface area contributed by atoms with E-state index in [0.717, 1.165) is 38.3 Å². The Labute approximate surface area is 143 Å². The number of hydrogen-bond acceptors (Lipinski definition) is 5. The third-order valence-electron chi connectivity index (χ3n) is 5.46. The van der Waals surface area contributed by atoms with Crippen LogP contribution in [-0.2, 0) is 33.0 Å². The molecule has 7 nitrogen and oxygen atoms in total. The first-order valence-electron chi connectivity index (χ1n) is 9.31. The minimum Gasteiger partial charge on any atom is -0.334 e. The molecule has 130 valence electrons. The number of tetrazole rings is 1. The number of aryl methyl sites for hydroxylation is 2. The molecule has 0 radical (unpaired) electrons. The van der Waals surface area contributed by atoms with Crippen molar-refractivity contribution in [2.24, 2.45) is 7.05 Å². The lowest BCUT2D eigenvalue weighted by Gasteiger charge is -2.23. The molecule has 4 rings (SSSR count). The Hall–Kier alpha value is -1.76. The zero-order valence-electron chi connectivity index (χ0n) is 14.8. The fraction of sp³-hybridized carbons (Fsp3) is 0.765. The third-order valence-corrected chi connectivity index (χ3v) is 5.46. The summed E-state index contributed by atoms with van der Waals surface area (Å²) in [7, 11) is 2.20. The summed E-state index contributed by atoms with van der Waals surface area (Å²) in [5.74, 6) is 2.22. The molecule has 24 heavy (non-hydrogen) atoms. The van der Waals surface area contributed by atoms with Crippen LogP contribution in [0, 0.1) is 0 Å². The van der Waals surface area contributed by atoms with E-state index < -0.39 is 0 Å². The minimum absolute atomic E-state index is 0.396. The van der Waals surface area contributed by atoms with Crippen LogP contribution in [0.5, 0.6) is 0 Å². The average Bonchev–Trinajstić information content (AvgIpc) is 3.29. The van der Waals surface area contributed by atoms with E-state index in [0.29, 0.717) is 6.04 Å². The summed E-state index contributed by atoms with van der Waals surface area (Å²) in [6.45, 7) is 4.95. The van der Waals surface area contributed by atoms with Crippen molar-refractivity contribution < 1.29 is 0 Å². The van der Waals surface area contributed by atoms with Crippen molar-refractivity contribution in [3.63, 3.8) is 0 Å². The lowest BCUT2D eigenvalue weighted by Crippen LogP contribution is -2.27. The van der Waals surface area contributed by atoms with E-state index in [1.165, 1.54) is 49.3 Å². The zero-order chi connectivity index (χ0) is 16.5. The SMILES string of the molecule is CCCn1nnnc1CN1CCC[C@H]1c1nc2c(n1C)CCCC2. The van der Waals surface area contributed by atoms with Gasteiger partial charge < -0.3 is 4.57 Å². The number of likely N-dealkylation sites (tertiary alicyclic amines) is 1. The molecule has 1 atom stereocenters. The number of rotatable bonds is 5. The van der Waals surface area contributed by atoms with Crippen LogP contribution in [0.3, 0.4) is 0 Å². The van der Waals surface area contributed by atoms with E-state index in [9.17, 15) is 0 Å². The number of nitrogens with zero attached hydrogens (tertiary/aromatic N) is 7. The first kappa shape index (κ1) is 15.7. The molecule has 2 aromatic heterocycles. The van der Waals surface area contributed by atoms with Gasteiger partial charge in [-0.2, -0.15) is 0 Å². The van der Waals surface area contributed by atoms with E-state index in [4.69, 9.17) is 4.98 Å². The maximum Gasteiger partial charge on any atom is 0.165 e. The molecule has 0 amide bonds. The highest BCUT2D eigenvalue weighted by molar-refractivity contribution is 5.22. The van der Waals surface area contributed by atoms with Gasteiger partial charge in [-0.3, -0.25) is 4.90 Å². The molecule has 0 bridgehead atoms. The summed E-state index contributed by atoms with van der Waals surface area (Å²) < 4.78 is 4.31. The predicted molar refractivity (Wildman–Crippen MR) is 90.3 cm³/mol. The highest BCUT2D eigenvalue weighted by Crippen LogP contribution is 2.34. The molecule has 1 aliphatic carbocycles. The van der Waals surface area contributed by atoms with E-state index >= 15 is 0 Å². The summed E-state index contributed by atoms with van der Waals surface area (Å²) >= 11 is 0. The normalized spacial score (nSPS) is 21.3. The molecule has 1 fully saturated rings. The van der Waals surface area contributed by atoms with Crippen molar-refractivity contribution >= 4 is 0 Å². The monoisotopic (exact) mass is 329 g/mol. The van der Waals surface area contributed by atoms with E-state index in [2.05, 4.69) is 39.0 Å². The van der Waals surface area contributed by atoms with Gasteiger partial charge in [-0.15, -0.1) is 5.10 Å². The van der Waals surface area contributed by atoms with Gasteiger partial charge in [-0.25, -0.2) is 9.67 Å². The quantitative estimate of drug-likeness (QED) is 0.840. The number of fused-ring (bicyclic) bond motifs is 1. The molecular formula is C17H27N7. The molecule has 3 heterocycles. The van der Waals surface area contributed by atoms with Gasteiger partial charge in [0.2, 0.25) is 0 Å². The molecule has 0 spiro atoms. The van der Waals surface area contributed by atoms with Crippen molar-refractivity contribution in [3.05, 3.63) is 23.0 Å². The second-order valence-corrected chi connectivity index (χ2v) is 7.08. The van der Waals surface area contributed by atoms with Crippen molar-refractivity contribution in [3.8, 4) is 0 Å². The maximum absolute atomic E-state index is 5.03. The smallest absolute Gasteiger partial charge is 0.165 e. The molecule has 1 saturated heterocycles. The average molecular weight is 329 g/mol. The van der Waals surface area contributed by atoms with Crippen LogP contribution in [0.2, 0.25) is 0 Å². The second-order valence-electron chi connectivity index (χ2n) is 7.08. The van der Waals surface area contributed by atoms with Crippen LogP contribution in [0.15, 0.2) is 0 Å². The number of hydrogen-bond donors (Lipinski definition) is 0. The standard InChI is InChI=1S/C17H27N7/c1-3-10-24-16(19-20-21-24)12-23-11-6-9-15(23)17-18-13-7-4-5-8-14(13)22(17)2/h15H,3-12H2,1-2H3/t15-/m0/s1. The van der Waals surface area contributed by atoms with Crippen molar-refractivity contribution in [1.29, 1.82) is 0 Å². The number of aromatic nitrogens is 6. The Kier molecular flexibility index (Phi) is 4.35. The van der Waals surface area contributed by atoms with Gasteiger partial charge in [0.25, 0.3) is 0 Å². The molecule has 1 aliphatic heterocycles. The summed E-state index contributed by atoms with van der Waals surface area (Å²) in [4.78, 5) is 7.54. The maximum atomic E-state index is 5.03. The fourth-order valence-electron chi connectivity index (χ4n) is 4.22. The van der Waals surface area contributed by atoms with Gasteiger partial charge in [0.05, 0.1) is 18.3 Å². The minimum atomic E-state index is 0.396. The lowest BCUT2D eigenvalue weighted by atomic mass is 10.0. The summed E-state index contributed by atoms with van der Waals surface area (Å²) in [5.41, 5.74) is 2.79. The van der Waals surface area contributed by atoms with Crippen LogP contribution < -0.4 is 0 Å². The largest absolute Gasteiger partial charge is 0.334 e. The van der Waals surface area contributed by atoms with Crippen LogP contribution in [0.4, 0.5) is 0 Å². The summed E-state index contributed by atoms with van der Waals surface area (Å²) in [6.07, 6.45) is 8.35. The molecule has 0 N–H and O–H groups in total. The Balaban J connectivity index is 1.57. The van der Waals surface area contributed by atoms with Crippen LogP contribution in [-0.4, -0.2) is 41.2 Å². The highest BCUT2D eigenvalue weighted by Gasteiger charge is 2.32. The highest BCUT2D eigenvalue weighted by atomic mass is 15.5. The molecule has 2 aromatic rings. The molecule has 2 aliphatic rings.